The van der Waals surface area contributed by atoms with Gasteiger partial charge in [-0.2, -0.15) is 5.06 Å². The van der Waals surface area contributed by atoms with Gasteiger partial charge in [-0.25, -0.2) is 4.79 Å². The maximum Gasteiger partial charge on any atom is 0.434 e. The van der Waals surface area contributed by atoms with E-state index in [1.54, 1.807) is 0 Å². The van der Waals surface area contributed by atoms with Gasteiger partial charge in [-0.1, -0.05) is 23.7 Å². The van der Waals surface area contributed by atoms with E-state index in [1.165, 1.54) is 5.06 Å². The Kier molecular flexibility index (Phi) is 4.55. The summed E-state index contributed by atoms with van der Waals surface area (Å²) in [5.74, 6) is 0. The lowest BCUT2D eigenvalue weighted by atomic mass is 10.0. The van der Waals surface area contributed by atoms with Gasteiger partial charge in [0.1, 0.15) is 5.60 Å². The molecule has 1 fully saturated rings. The van der Waals surface area contributed by atoms with Crippen molar-refractivity contribution in [3.05, 3.63) is 34.9 Å². The molecule has 20 heavy (non-hydrogen) atoms. The minimum Gasteiger partial charge on any atom is -0.442 e. The maximum absolute atomic E-state index is 12.1. The van der Waals surface area contributed by atoms with Gasteiger partial charge < -0.3 is 4.74 Å². The van der Waals surface area contributed by atoms with E-state index in [2.05, 4.69) is 0 Å². The summed E-state index contributed by atoms with van der Waals surface area (Å²) in [6.45, 7) is 6.05. The first-order valence-electron chi connectivity index (χ1n) is 6.75. The van der Waals surface area contributed by atoms with Gasteiger partial charge in [-0.15, -0.1) is 0 Å². The van der Waals surface area contributed by atoms with E-state index >= 15 is 0 Å². The number of hydroxylamine groups is 2. The van der Waals surface area contributed by atoms with Gasteiger partial charge in [-0.05, 0) is 51.3 Å². The fourth-order valence-electron chi connectivity index (χ4n) is 2.14. The second-order valence-corrected chi connectivity index (χ2v) is 6.35. The molecule has 0 aromatic heterocycles. The molecular formula is C15H20ClNO3. The molecule has 0 N–H and O–H groups in total. The van der Waals surface area contributed by atoms with Crippen molar-refractivity contribution >= 4 is 17.7 Å². The van der Waals surface area contributed by atoms with Crippen molar-refractivity contribution < 1.29 is 14.4 Å². The van der Waals surface area contributed by atoms with Crippen LogP contribution in [0.3, 0.4) is 0 Å². The molecule has 1 saturated heterocycles. The third kappa shape index (κ3) is 4.12. The molecule has 1 aromatic rings. The first-order chi connectivity index (χ1) is 9.35. The quantitative estimate of drug-likeness (QED) is 0.833. The van der Waals surface area contributed by atoms with Crippen molar-refractivity contribution in [2.75, 3.05) is 6.61 Å². The summed E-state index contributed by atoms with van der Waals surface area (Å²) in [5.41, 5.74) is 0.561. The Hall–Kier alpha value is -1.26. The smallest absolute Gasteiger partial charge is 0.434 e. The van der Waals surface area contributed by atoms with Gasteiger partial charge in [0, 0.05) is 5.02 Å². The van der Waals surface area contributed by atoms with Crippen LogP contribution >= 0.6 is 11.6 Å². The third-order valence-corrected chi connectivity index (χ3v) is 3.18. The van der Waals surface area contributed by atoms with Crippen LogP contribution in [0.25, 0.3) is 0 Å². The van der Waals surface area contributed by atoms with Gasteiger partial charge in [0.2, 0.25) is 0 Å². The molecule has 2 rings (SSSR count). The molecule has 110 valence electrons. The number of nitrogens with zero attached hydrogens (tertiary/aromatic N) is 1. The average Bonchev–Trinajstić information content (AvgIpc) is 2.75. The summed E-state index contributed by atoms with van der Waals surface area (Å²) in [6.07, 6.45) is 1.08. The maximum atomic E-state index is 12.1. The van der Waals surface area contributed by atoms with Crippen LogP contribution in [0.1, 0.15) is 32.8 Å². The second-order valence-electron chi connectivity index (χ2n) is 5.92. The average molecular weight is 298 g/mol. The molecule has 1 aromatic carbocycles. The molecule has 1 aliphatic heterocycles. The van der Waals surface area contributed by atoms with Crippen molar-refractivity contribution in [1.82, 2.24) is 5.06 Å². The summed E-state index contributed by atoms with van der Waals surface area (Å²) in [6, 6.07) is 7.64. The number of ether oxygens (including phenoxy) is 1. The van der Waals surface area contributed by atoms with Crippen LogP contribution in [0.5, 0.6) is 0 Å². The van der Waals surface area contributed by atoms with E-state index in [0.717, 1.165) is 12.0 Å². The largest absolute Gasteiger partial charge is 0.442 e. The molecule has 0 unspecified atom stereocenters. The fourth-order valence-corrected chi connectivity index (χ4v) is 2.35. The lowest BCUT2D eigenvalue weighted by molar-refractivity contribution is -0.124. The summed E-state index contributed by atoms with van der Waals surface area (Å²) in [4.78, 5) is 17.5. The number of carbonyl (C=O) groups excluding carboxylic acids is 1. The van der Waals surface area contributed by atoms with Gasteiger partial charge in [0.25, 0.3) is 0 Å². The molecule has 5 heteroatoms. The molecule has 0 spiro atoms. The number of rotatable bonds is 2. The van der Waals surface area contributed by atoms with Gasteiger partial charge in [0.05, 0.1) is 12.6 Å². The highest BCUT2D eigenvalue weighted by atomic mass is 35.5. The summed E-state index contributed by atoms with van der Waals surface area (Å²) < 4.78 is 5.35. The molecule has 1 amide bonds. The number of benzene rings is 1. The van der Waals surface area contributed by atoms with Crippen LogP contribution in [0.4, 0.5) is 4.79 Å². The van der Waals surface area contributed by atoms with E-state index in [9.17, 15) is 4.79 Å². The van der Waals surface area contributed by atoms with Crippen molar-refractivity contribution in [3.8, 4) is 0 Å². The Balaban J connectivity index is 2.02. The summed E-state index contributed by atoms with van der Waals surface area (Å²) in [5, 5.41) is 2.05. The van der Waals surface area contributed by atoms with Crippen LogP contribution in [-0.2, 0) is 16.0 Å². The first kappa shape index (κ1) is 15.1. The Bertz CT molecular complexity index is 484. The monoisotopic (exact) mass is 297 g/mol. The minimum absolute atomic E-state index is 0.0108. The lowest BCUT2D eigenvalue weighted by Crippen LogP contribution is -2.39. The van der Waals surface area contributed by atoms with E-state index in [0.29, 0.717) is 18.1 Å². The molecule has 0 bridgehead atoms. The van der Waals surface area contributed by atoms with Gasteiger partial charge in [-0.3, -0.25) is 4.84 Å². The molecule has 0 radical (unpaired) electrons. The minimum atomic E-state index is -0.524. The van der Waals surface area contributed by atoms with Crippen LogP contribution in [0, 0.1) is 0 Å². The van der Waals surface area contributed by atoms with Crippen molar-refractivity contribution in [1.29, 1.82) is 0 Å². The highest BCUT2D eigenvalue weighted by Crippen LogP contribution is 2.23. The normalized spacial score (nSPS) is 19.2. The van der Waals surface area contributed by atoms with Crippen molar-refractivity contribution in [2.24, 2.45) is 0 Å². The topological polar surface area (TPSA) is 38.8 Å². The van der Waals surface area contributed by atoms with E-state index in [4.69, 9.17) is 21.2 Å². The molecule has 0 aliphatic carbocycles. The van der Waals surface area contributed by atoms with Crippen molar-refractivity contribution in [3.63, 3.8) is 0 Å². The first-order valence-corrected chi connectivity index (χ1v) is 7.12. The zero-order chi connectivity index (χ0) is 14.8. The highest BCUT2D eigenvalue weighted by molar-refractivity contribution is 6.30. The SMILES string of the molecule is CC(C)(C)OC(=O)N1OCC[C@@H]1Cc1cccc(Cl)c1. The Morgan fingerprint density at radius 3 is 2.90 bits per heavy atom. The van der Waals surface area contributed by atoms with Crippen LogP contribution < -0.4 is 0 Å². The Morgan fingerprint density at radius 1 is 1.50 bits per heavy atom. The molecule has 1 atom stereocenters. The van der Waals surface area contributed by atoms with E-state index in [-0.39, 0.29) is 6.04 Å². The number of halogens is 1. The standard InChI is InChI=1S/C15H20ClNO3/c1-15(2,3)20-14(18)17-13(7-8-19-17)10-11-5-4-6-12(16)9-11/h4-6,9,13H,7-8,10H2,1-3H3/t13-/m1/s1. The van der Waals surface area contributed by atoms with Crippen LogP contribution in [0.15, 0.2) is 24.3 Å². The number of hydrogen-bond acceptors (Lipinski definition) is 3. The predicted molar refractivity (Wildman–Crippen MR) is 77.6 cm³/mol. The summed E-state index contributed by atoms with van der Waals surface area (Å²) in [7, 11) is 0. The molecule has 4 nitrogen and oxygen atoms in total. The molecule has 1 aliphatic rings. The van der Waals surface area contributed by atoms with Crippen molar-refractivity contribution in [2.45, 2.75) is 45.3 Å². The van der Waals surface area contributed by atoms with Gasteiger partial charge in [0.15, 0.2) is 0 Å². The summed E-state index contributed by atoms with van der Waals surface area (Å²) >= 11 is 5.98. The zero-order valence-electron chi connectivity index (χ0n) is 12.1. The Labute approximate surface area is 124 Å². The third-order valence-electron chi connectivity index (χ3n) is 2.95. The highest BCUT2D eigenvalue weighted by Gasteiger charge is 2.33. The van der Waals surface area contributed by atoms with Crippen LogP contribution in [-0.4, -0.2) is 29.4 Å². The fraction of sp³-hybridized carbons (Fsp3) is 0.533. The van der Waals surface area contributed by atoms with Crippen LogP contribution in [0.2, 0.25) is 5.02 Å². The molecule has 0 saturated carbocycles. The van der Waals surface area contributed by atoms with Gasteiger partial charge >= 0.3 is 6.09 Å². The van der Waals surface area contributed by atoms with E-state index < -0.39 is 11.7 Å². The number of carbonyl (C=O) groups is 1. The van der Waals surface area contributed by atoms with E-state index in [1.807, 2.05) is 45.0 Å². The molecule has 1 heterocycles. The number of hydrogen-bond donors (Lipinski definition) is 0. The number of amides is 1. The zero-order valence-corrected chi connectivity index (χ0v) is 12.8. The lowest BCUT2D eigenvalue weighted by Gasteiger charge is -2.27. The Morgan fingerprint density at radius 2 is 2.25 bits per heavy atom. The predicted octanol–water partition coefficient (Wildman–Crippen LogP) is 3.82. The molecular weight excluding hydrogens is 278 g/mol. The second kappa shape index (κ2) is 6.02.